The molecule has 0 aliphatic rings. The van der Waals surface area contributed by atoms with Crippen LogP contribution in [0.5, 0.6) is 0 Å². The van der Waals surface area contributed by atoms with Crippen molar-refractivity contribution in [2.45, 2.75) is 13.8 Å². The summed E-state index contributed by atoms with van der Waals surface area (Å²) in [5.74, 6) is -0.902. The van der Waals surface area contributed by atoms with Crippen LogP contribution in [0.2, 0.25) is 0 Å². The van der Waals surface area contributed by atoms with Crippen molar-refractivity contribution in [2.75, 3.05) is 11.9 Å². The van der Waals surface area contributed by atoms with E-state index in [0.29, 0.717) is 11.1 Å². The zero-order valence-corrected chi connectivity index (χ0v) is 15.7. The highest BCUT2D eigenvalue weighted by molar-refractivity contribution is 5.96. The van der Waals surface area contributed by atoms with Gasteiger partial charge in [-0.05, 0) is 31.5 Å². The number of hydrogen-bond acceptors (Lipinski definition) is 7. The molecular formula is C20H17N3O6. The largest absolute Gasteiger partial charge is 0.451 e. The number of aryl methyl sites for hydroxylation is 2. The molecule has 0 saturated heterocycles. The molecule has 148 valence electrons. The number of amides is 1. The number of oxazole rings is 1. The minimum Gasteiger partial charge on any atom is -0.451 e. The lowest BCUT2D eigenvalue weighted by Crippen LogP contribution is -2.21. The minimum absolute atomic E-state index is 0.0248. The summed E-state index contributed by atoms with van der Waals surface area (Å²) in [7, 11) is 0. The highest BCUT2D eigenvalue weighted by Crippen LogP contribution is 2.23. The van der Waals surface area contributed by atoms with Gasteiger partial charge in [-0.15, -0.1) is 0 Å². The maximum Gasteiger partial charge on any atom is 0.361 e. The van der Waals surface area contributed by atoms with E-state index in [1.807, 2.05) is 18.2 Å². The lowest BCUT2D eigenvalue weighted by molar-refractivity contribution is -0.384. The van der Waals surface area contributed by atoms with Crippen molar-refractivity contribution in [3.63, 3.8) is 0 Å². The molecule has 0 aliphatic carbocycles. The van der Waals surface area contributed by atoms with Crippen molar-refractivity contribution in [3.05, 3.63) is 75.7 Å². The average molecular weight is 395 g/mol. The molecule has 0 aliphatic heterocycles. The summed E-state index contributed by atoms with van der Waals surface area (Å²) in [6, 6.07) is 13.1. The Labute approximate surface area is 165 Å². The van der Waals surface area contributed by atoms with Crippen LogP contribution in [0.3, 0.4) is 0 Å². The van der Waals surface area contributed by atoms with Crippen LogP contribution >= 0.6 is 0 Å². The van der Waals surface area contributed by atoms with Gasteiger partial charge in [0, 0.05) is 17.7 Å². The molecule has 9 heteroatoms. The Kier molecular flexibility index (Phi) is 5.68. The molecule has 1 N–H and O–H groups in total. The van der Waals surface area contributed by atoms with Gasteiger partial charge in [0.2, 0.25) is 5.89 Å². The molecule has 2 aromatic carbocycles. The van der Waals surface area contributed by atoms with Crippen LogP contribution in [-0.2, 0) is 9.53 Å². The predicted octanol–water partition coefficient (Wildman–Crippen LogP) is 3.66. The standard InChI is InChI=1S/C20H17N3O6/c1-12-8-9-15(23(26)27)10-16(12)21-17(24)11-28-20(25)18-13(2)29-19(22-18)14-6-4-3-5-7-14/h3-10H,11H2,1-2H3,(H,21,24). The van der Waals surface area contributed by atoms with Crippen molar-refractivity contribution in [1.29, 1.82) is 0 Å². The second-order valence-corrected chi connectivity index (χ2v) is 6.17. The molecular weight excluding hydrogens is 378 g/mol. The topological polar surface area (TPSA) is 125 Å². The average Bonchev–Trinajstić information content (AvgIpc) is 3.10. The van der Waals surface area contributed by atoms with E-state index in [0.717, 1.165) is 0 Å². The normalized spacial score (nSPS) is 10.4. The van der Waals surface area contributed by atoms with Gasteiger partial charge in [0.05, 0.1) is 10.6 Å². The van der Waals surface area contributed by atoms with Gasteiger partial charge in [-0.3, -0.25) is 14.9 Å². The van der Waals surface area contributed by atoms with Crippen LogP contribution in [0.25, 0.3) is 11.5 Å². The van der Waals surface area contributed by atoms with Crippen molar-refractivity contribution in [2.24, 2.45) is 0 Å². The fourth-order valence-corrected chi connectivity index (χ4v) is 2.53. The number of carbonyl (C=O) groups excluding carboxylic acids is 2. The van der Waals surface area contributed by atoms with E-state index in [1.165, 1.54) is 18.2 Å². The first-order valence-corrected chi connectivity index (χ1v) is 8.60. The summed E-state index contributed by atoms with van der Waals surface area (Å²) < 4.78 is 10.5. The van der Waals surface area contributed by atoms with Crippen LogP contribution in [0.4, 0.5) is 11.4 Å². The van der Waals surface area contributed by atoms with Crippen molar-refractivity contribution in [3.8, 4) is 11.5 Å². The molecule has 3 aromatic rings. The number of nitrogens with zero attached hydrogens (tertiary/aromatic N) is 2. The molecule has 9 nitrogen and oxygen atoms in total. The number of nitrogens with one attached hydrogen (secondary N) is 1. The highest BCUT2D eigenvalue weighted by Gasteiger charge is 2.20. The third kappa shape index (κ3) is 4.64. The Morgan fingerprint density at radius 3 is 2.59 bits per heavy atom. The molecule has 0 fully saturated rings. The van der Waals surface area contributed by atoms with E-state index >= 15 is 0 Å². The zero-order chi connectivity index (χ0) is 21.0. The van der Waals surface area contributed by atoms with Crippen LogP contribution in [0.1, 0.15) is 21.8 Å². The van der Waals surface area contributed by atoms with Gasteiger partial charge in [0.1, 0.15) is 5.76 Å². The quantitative estimate of drug-likeness (QED) is 0.383. The third-order valence-corrected chi connectivity index (χ3v) is 4.05. The maximum atomic E-state index is 12.3. The molecule has 0 atom stereocenters. The smallest absolute Gasteiger partial charge is 0.361 e. The number of nitro groups is 1. The molecule has 1 aromatic heterocycles. The van der Waals surface area contributed by atoms with Crippen LogP contribution < -0.4 is 5.32 Å². The van der Waals surface area contributed by atoms with Crippen molar-refractivity contribution in [1.82, 2.24) is 4.98 Å². The van der Waals surface area contributed by atoms with Crippen LogP contribution in [0.15, 0.2) is 52.9 Å². The SMILES string of the molecule is Cc1ccc([N+](=O)[O-])cc1NC(=O)COC(=O)c1nc(-c2ccccc2)oc1C. The van der Waals surface area contributed by atoms with E-state index in [2.05, 4.69) is 10.3 Å². The monoisotopic (exact) mass is 395 g/mol. The summed E-state index contributed by atoms with van der Waals surface area (Å²) in [5.41, 5.74) is 1.42. The lowest BCUT2D eigenvalue weighted by atomic mass is 10.2. The van der Waals surface area contributed by atoms with Gasteiger partial charge in [-0.2, -0.15) is 0 Å². The first-order chi connectivity index (χ1) is 13.8. The molecule has 0 radical (unpaired) electrons. The molecule has 0 bridgehead atoms. The van der Waals surface area contributed by atoms with E-state index in [9.17, 15) is 19.7 Å². The van der Waals surface area contributed by atoms with Crippen molar-refractivity contribution < 1.29 is 23.7 Å². The number of benzene rings is 2. The summed E-state index contributed by atoms with van der Waals surface area (Å²) in [6.07, 6.45) is 0. The number of esters is 1. The van der Waals surface area contributed by atoms with Crippen molar-refractivity contribution >= 4 is 23.3 Å². The van der Waals surface area contributed by atoms with E-state index in [-0.39, 0.29) is 28.7 Å². The summed E-state index contributed by atoms with van der Waals surface area (Å²) >= 11 is 0. The second-order valence-electron chi connectivity index (χ2n) is 6.17. The third-order valence-electron chi connectivity index (χ3n) is 4.05. The first-order valence-electron chi connectivity index (χ1n) is 8.60. The van der Waals surface area contributed by atoms with Gasteiger partial charge in [-0.1, -0.05) is 24.3 Å². The summed E-state index contributed by atoms with van der Waals surface area (Å²) in [5, 5.41) is 13.4. The van der Waals surface area contributed by atoms with Crippen LogP contribution in [0, 0.1) is 24.0 Å². The number of aromatic nitrogens is 1. The molecule has 0 saturated carbocycles. The van der Waals surface area contributed by atoms with E-state index in [4.69, 9.17) is 9.15 Å². The lowest BCUT2D eigenvalue weighted by Gasteiger charge is -2.08. The fraction of sp³-hybridized carbons (Fsp3) is 0.150. The Balaban J connectivity index is 1.64. The number of nitro benzene ring substituents is 1. The Hall–Kier alpha value is -4.01. The zero-order valence-electron chi connectivity index (χ0n) is 15.7. The molecule has 0 unspecified atom stereocenters. The Morgan fingerprint density at radius 2 is 1.90 bits per heavy atom. The minimum atomic E-state index is -0.806. The Bertz CT molecular complexity index is 1080. The number of rotatable bonds is 6. The van der Waals surface area contributed by atoms with Gasteiger partial charge >= 0.3 is 5.97 Å². The second kappa shape index (κ2) is 8.34. The maximum absolute atomic E-state index is 12.3. The van der Waals surface area contributed by atoms with E-state index in [1.54, 1.807) is 26.0 Å². The highest BCUT2D eigenvalue weighted by atomic mass is 16.6. The number of ether oxygens (including phenoxy) is 1. The fourth-order valence-electron chi connectivity index (χ4n) is 2.53. The predicted molar refractivity (Wildman–Crippen MR) is 103 cm³/mol. The number of non-ortho nitro benzene ring substituents is 1. The number of anilines is 1. The molecule has 1 heterocycles. The number of hydrogen-bond donors (Lipinski definition) is 1. The van der Waals surface area contributed by atoms with Crippen LogP contribution in [-0.4, -0.2) is 28.4 Å². The molecule has 1 amide bonds. The molecule has 0 spiro atoms. The first kappa shape index (κ1) is 19.7. The van der Waals surface area contributed by atoms with Gasteiger partial charge < -0.3 is 14.5 Å². The van der Waals surface area contributed by atoms with Gasteiger partial charge in [0.15, 0.2) is 12.3 Å². The van der Waals surface area contributed by atoms with Gasteiger partial charge in [0.25, 0.3) is 11.6 Å². The summed E-state index contributed by atoms with van der Waals surface area (Å²) in [4.78, 5) is 38.8. The van der Waals surface area contributed by atoms with E-state index < -0.39 is 23.4 Å². The Morgan fingerprint density at radius 1 is 1.17 bits per heavy atom. The number of carbonyl (C=O) groups is 2. The van der Waals surface area contributed by atoms with Gasteiger partial charge in [-0.25, -0.2) is 9.78 Å². The summed E-state index contributed by atoms with van der Waals surface area (Å²) in [6.45, 7) is 2.69. The molecule has 29 heavy (non-hydrogen) atoms. The molecule has 3 rings (SSSR count).